The molecule has 88 valence electrons. The topological polar surface area (TPSA) is 46.6 Å². The van der Waals surface area contributed by atoms with Gasteiger partial charge < -0.3 is 9.64 Å². The number of likely N-dealkylation sites (tertiary alicyclic amines) is 1. The van der Waals surface area contributed by atoms with E-state index >= 15 is 0 Å². The molecule has 0 saturated carbocycles. The van der Waals surface area contributed by atoms with Crippen LogP contribution in [0.25, 0.3) is 0 Å². The lowest BCUT2D eigenvalue weighted by Crippen LogP contribution is -2.41. The molecule has 3 rings (SSSR count). The van der Waals surface area contributed by atoms with Crippen LogP contribution in [0.5, 0.6) is 0 Å². The molecular weight excluding hydrogens is 218 g/mol. The molecule has 2 unspecified atom stereocenters. The lowest BCUT2D eigenvalue weighted by atomic mass is 10.1. The molecule has 2 saturated heterocycles. The van der Waals surface area contributed by atoms with Crippen molar-refractivity contribution in [1.29, 1.82) is 0 Å². The zero-order valence-corrected chi connectivity index (χ0v) is 9.33. The Bertz CT molecular complexity index is 471. The van der Waals surface area contributed by atoms with E-state index in [1.165, 1.54) is 0 Å². The predicted octanol–water partition coefficient (Wildman–Crippen LogP) is 0.999. The van der Waals surface area contributed by atoms with Crippen LogP contribution < -0.4 is 0 Å². The van der Waals surface area contributed by atoms with Crippen LogP contribution in [-0.4, -0.2) is 35.8 Å². The number of nitrogens with zero attached hydrogens (tertiary/aromatic N) is 1. The van der Waals surface area contributed by atoms with Gasteiger partial charge in [-0.1, -0.05) is 24.3 Å². The molecule has 4 heteroatoms. The molecule has 0 radical (unpaired) electrons. The summed E-state index contributed by atoms with van der Waals surface area (Å²) in [6.07, 6.45) is 1.38. The van der Waals surface area contributed by atoms with Gasteiger partial charge in [-0.15, -0.1) is 0 Å². The van der Waals surface area contributed by atoms with Crippen molar-refractivity contribution in [3.63, 3.8) is 0 Å². The zero-order chi connectivity index (χ0) is 11.8. The molecule has 0 spiro atoms. The fraction of sp³-hybridized carbons (Fsp3) is 0.385. The Hall–Kier alpha value is -1.68. The second-order valence-corrected chi connectivity index (χ2v) is 4.49. The molecule has 0 N–H and O–H groups in total. The highest BCUT2D eigenvalue weighted by atomic mass is 16.5. The Morgan fingerprint density at radius 2 is 2.24 bits per heavy atom. The molecule has 2 fully saturated rings. The molecule has 2 bridgehead atoms. The van der Waals surface area contributed by atoms with Gasteiger partial charge in [-0.2, -0.15) is 0 Å². The number of ether oxygens (including phenoxy) is 1. The minimum atomic E-state index is -0.247. The third kappa shape index (κ3) is 1.65. The van der Waals surface area contributed by atoms with E-state index in [4.69, 9.17) is 4.74 Å². The van der Waals surface area contributed by atoms with E-state index in [-0.39, 0.29) is 18.1 Å². The lowest BCUT2D eigenvalue weighted by Gasteiger charge is -2.27. The SMILES string of the molecule is O=Cc1ccccc1CN1C(=O)C2CC1CO2. The zero-order valence-electron chi connectivity index (χ0n) is 9.33. The first-order valence-corrected chi connectivity index (χ1v) is 5.75. The summed E-state index contributed by atoms with van der Waals surface area (Å²) in [5.74, 6) is 0.0574. The van der Waals surface area contributed by atoms with E-state index < -0.39 is 0 Å². The van der Waals surface area contributed by atoms with Crippen molar-refractivity contribution >= 4 is 12.2 Å². The van der Waals surface area contributed by atoms with E-state index in [2.05, 4.69) is 0 Å². The van der Waals surface area contributed by atoms with Gasteiger partial charge in [0.25, 0.3) is 5.91 Å². The van der Waals surface area contributed by atoms with Crippen LogP contribution in [0.4, 0.5) is 0 Å². The largest absolute Gasteiger partial charge is 0.366 e. The Morgan fingerprint density at radius 3 is 2.94 bits per heavy atom. The summed E-state index contributed by atoms with van der Waals surface area (Å²) >= 11 is 0. The minimum absolute atomic E-state index is 0.0574. The molecular formula is C13H13NO3. The monoisotopic (exact) mass is 231 g/mol. The van der Waals surface area contributed by atoms with Crippen molar-refractivity contribution in [1.82, 2.24) is 4.90 Å². The Morgan fingerprint density at radius 1 is 1.41 bits per heavy atom. The standard InChI is InChI=1S/C13H13NO3/c15-7-10-4-2-1-3-9(10)6-14-11-5-12(13(14)16)17-8-11/h1-4,7,11-12H,5-6,8H2. The van der Waals surface area contributed by atoms with Gasteiger partial charge in [-0.3, -0.25) is 9.59 Å². The molecule has 4 nitrogen and oxygen atoms in total. The van der Waals surface area contributed by atoms with Gasteiger partial charge in [0.1, 0.15) is 12.4 Å². The second kappa shape index (κ2) is 3.96. The maximum atomic E-state index is 11.9. The minimum Gasteiger partial charge on any atom is -0.366 e. The van der Waals surface area contributed by atoms with Crippen LogP contribution in [0.3, 0.4) is 0 Å². The number of carbonyl (C=O) groups excluding carboxylic acids is 2. The van der Waals surface area contributed by atoms with Crippen molar-refractivity contribution in [3.8, 4) is 0 Å². The molecule has 1 amide bonds. The molecule has 17 heavy (non-hydrogen) atoms. The van der Waals surface area contributed by atoms with E-state index in [0.717, 1.165) is 18.3 Å². The number of aldehydes is 1. The highest BCUT2D eigenvalue weighted by molar-refractivity contribution is 5.85. The van der Waals surface area contributed by atoms with Gasteiger partial charge in [-0.05, 0) is 5.56 Å². The van der Waals surface area contributed by atoms with E-state index in [1.807, 2.05) is 23.1 Å². The number of carbonyl (C=O) groups is 2. The van der Waals surface area contributed by atoms with Gasteiger partial charge in [0, 0.05) is 18.5 Å². The predicted molar refractivity (Wildman–Crippen MR) is 60.5 cm³/mol. The van der Waals surface area contributed by atoms with Crippen molar-refractivity contribution in [2.45, 2.75) is 25.1 Å². The molecule has 1 aromatic carbocycles. The summed E-state index contributed by atoms with van der Waals surface area (Å²) in [5, 5.41) is 0. The maximum Gasteiger partial charge on any atom is 0.252 e. The first-order chi connectivity index (χ1) is 8.29. The fourth-order valence-electron chi connectivity index (χ4n) is 2.55. The van der Waals surface area contributed by atoms with Gasteiger partial charge >= 0.3 is 0 Å². The summed E-state index contributed by atoms with van der Waals surface area (Å²) in [7, 11) is 0. The third-order valence-corrected chi connectivity index (χ3v) is 3.50. The van der Waals surface area contributed by atoms with Gasteiger partial charge in [0.15, 0.2) is 0 Å². The molecule has 0 aliphatic carbocycles. The molecule has 2 heterocycles. The third-order valence-electron chi connectivity index (χ3n) is 3.50. The Labute approximate surface area is 99.2 Å². The van der Waals surface area contributed by atoms with Crippen molar-refractivity contribution < 1.29 is 14.3 Å². The summed E-state index contributed by atoms with van der Waals surface area (Å²) in [5.41, 5.74) is 1.56. The number of rotatable bonds is 3. The highest BCUT2D eigenvalue weighted by Gasteiger charge is 2.45. The van der Waals surface area contributed by atoms with Gasteiger partial charge in [0.05, 0.1) is 12.6 Å². The molecule has 2 atom stereocenters. The highest BCUT2D eigenvalue weighted by Crippen LogP contribution is 2.30. The Kier molecular flexibility index (Phi) is 2.44. The summed E-state index contributed by atoms with van der Waals surface area (Å²) in [6, 6.07) is 7.57. The number of hydrogen-bond acceptors (Lipinski definition) is 3. The normalized spacial score (nSPS) is 26.6. The first-order valence-electron chi connectivity index (χ1n) is 5.75. The second-order valence-electron chi connectivity index (χ2n) is 4.49. The van der Waals surface area contributed by atoms with Crippen molar-refractivity contribution in [2.75, 3.05) is 6.61 Å². The molecule has 0 aromatic heterocycles. The molecule has 2 aliphatic rings. The quantitative estimate of drug-likeness (QED) is 0.729. The summed E-state index contributed by atoms with van der Waals surface area (Å²) in [4.78, 5) is 24.6. The van der Waals surface area contributed by atoms with Crippen molar-refractivity contribution in [2.24, 2.45) is 0 Å². The lowest BCUT2D eigenvalue weighted by molar-refractivity contribution is -0.144. The van der Waals surface area contributed by atoms with Crippen LogP contribution in [0.15, 0.2) is 24.3 Å². The van der Waals surface area contributed by atoms with Gasteiger partial charge in [-0.25, -0.2) is 0 Å². The number of benzene rings is 1. The Balaban J connectivity index is 1.83. The van der Waals surface area contributed by atoms with Crippen LogP contribution in [0.2, 0.25) is 0 Å². The van der Waals surface area contributed by atoms with Crippen LogP contribution >= 0.6 is 0 Å². The average Bonchev–Trinajstić information content (AvgIpc) is 2.93. The smallest absolute Gasteiger partial charge is 0.252 e. The maximum absolute atomic E-state index is 11.9. The van der Waals surface area contributed by atoms with Crippen molar-refractivity contribution in [3.05, 3.63) is 35.4 Å². The van der Waals surface area contributed by atoms with Crippen LogP contribution in [0, 0.1) is 0 Å². The fourth-order valence-corrected chi connectivity index (χ4v) is 2.55. The first kappa shape index (κ1) is 10.5. The molecule has 1 aromatic rings. The van der Waals surface area contributed by atoms with E-state index in [1.54, 1.807) is 6.07 Å². The average molecular weight is 231 g/mol. The van der Waals surface area contributed by atoms with Gasteiger partial charge in [0.2, 0.25) is 0 Å². The summed E-state index contributed by atoms with van der Waals surface area (Å²) < 4.78 is 5.33. The number of fused-ring (bicyclic) bond motifs is 2. The summed E-state index contributed by atoms with van der Waals surface area (Å²) in [6.45, 7) is 1.14. The van der Waals surface area contributed by atoms with Crippen LogP contribution in [0.1, 0.15) is 22.3 Å². The van der Waals surface area contributed by atoms with Crippen LogP contribution in [-0.2, 0) is 16.1 Å². The van der Waals surface area contributed by atoms with E-state index in [9.17, 15) is 9.59 Å². The van der Waals surface area contributed by atoms with E-state index in [0.29, 0.717) is 18.7 Å². The number of amides is 1. The number of morpholine rings is 1. The molecule has 2 aliphatic heterocycles. The number of hydrogen-bond donors (Lipinski definition) is 0.